The topological polar surface area (TPSA) is 49.4 Å². The molecule has 2 heterocycles. The highest BCUT2D eigenvalue weighted by molar-refractivity contribution is 7.07. The van der Waals surface area contributed by atoms with Gasteiger partial charge in [0.1, 0.15) is 6.04 Å². The summed E-state index contributed by atoms with van der Waals surface area (Å²) in [6.45, 7) is 3.49. The van der Waals surface area contributed by atoms with Crippen LogP contribution in [0.4, 0.5) is 0 Å². The Kier molecular flexibility index (Phi) is 9.02. The van der Waals surface area contributed by atoms with Crippen LogP contribution in [0, 0.1) is 0 Å². The standard InChI is InChI=1S/C20H32N2O2S/c1-2-3-4-5-6-7-11-19(23)22(15-17-12-14-25-16-17)18-10-8-9-13-21-20(18)24/h12,14,16,18H,2-11,13,15H2,1H3,(H,21,24). The average molecular weight is 365 g/mol. The zero-order chi connectivity index (χ0) is 17.9. The molecule has 140 valence electrons. The van der Waals surface area contributed by atoms with Crippen LogP contribution in [0.1, 0.15) is 76.7 Å². The van der Waals surface area contributed by atoms with Gasteiger partial charge in [-0.25, -0.2) is 0 Å². The molecule has 1 atom stereocenters. The van der Waals surface area contributed by atoms with Gasteiger partial charge in [-0.2, -0.15) is 11.3 Å². The number of carbonyl (C=O) groups excluding carboxylic acids is 2. The van der Waals surface area contributed by atoms with E-state index in [2.05, 4.69) is 17.6 Å². The molecule has 1 unspecified atom stereocenters. The number of nitrogens with one attached hydrogen (secondary N) is 1. The molecule has 2 rings (SSSR count). The quantitative estimate of drug-likeness (QED) is 0.622. The third-order valence-corrected chi connectivity index (χ3v) is 5.61. The van der Waals surface area contributed by atoms with E-state index in [9.17, 15) is 9.59 Å². The fraction of sp³-hybridized carbons (Fsp3) is 0.700. The fourth-order valence-corrected chi connectivity index (χ4v) is 4.03. The Morgan fingerprint density at radius 1 is 1.24 bits per heavy atom. The smallest absolute Gasteiger partial charge is 0.242 e. The molecule has 25 heavy (non-hydrogen) atoms. The first-order valence-corrected chi connectivity index (χ1v) is 10.7. The molecule has 0 radical (unpaired) electrons. The van der Waals surface area contributed by atoms with Crippen LogP contribution in [-0.2, 0) is 16.1 Å². The monoisotopic (exact) mass is 364 g/mol. The van der Waals surface area contributed by atoms with Gasteiger partial charge in [0.25, 0.3) is 0 Å². The number of hydrogen-bond donors (Lipinski definition) is 1. The summed E-state index contributed by atoms with van der Waals surface area (Å²) in [6, 6.07) is 1.74. The lowest BCUT2D eigenvalue weighted by Gasteiger charge is -2.30. The highest BCUT2D eigenvalue weighted by Gasteiger charge is 2.30. The lowest BCUT2D eigenvalue weighted by molar-refractivity contribution is -0.141. The van der Waals surface area contributed by atoms with E-state index in [4.69, 9.17) is 0 Å². The van der Waals surface area contributed by atoms with E-state index < -0.39 is 0 Å². The van der Waals surface area contributed by atoms with Crippen molar-refractivity contribution in [3.05, 3.63) is 22.4 Å². The molecule has 0 aromatic carbocycles. The number of amides is 2. The molecular formula is C20H32N2O2S. The number of nitrogens with zero attached hydrogens (tertiary/aromatic N) is 1. The van der Waals surface area contributed by atoms with Crippen molar-refractivity contribution in [1.29, 1.82) is 0 Å². The Morgan fingerprint density at radius 2 is 2.04 bits per heavy atom. The molecule has 2 amide bonds. The van der Waals surface area contributed by atoms with Crippen molar-refractivity contribution >= 4 is 23.2 Å². The van der Waals surface area contributed by atoms with Crippen LogP contribution in [0.3, 0.4) is 0 Å². The lowest BCUT2D eigenvalue weighted by Crippen LogP contribution is -2.48. The molecule has 1 aliphatic heterocycles. The Morgan fingerprint density at radius 3 is 2.80 bits per heavy atom. The van der Waals surface area contributed by atoms with Gasteiger partial charge in [0.05, 0.1) is 0 Å². The molecule has 4 nitrogen and oxygen atoms in total. The molecule has 5 heteroatoms. The van der Waals surface area contributed by atoms with Crippen molar-refractivity contribution < 1.29 is 9.59 Å². The van der Waals surface area contributed by atoms with Crippen LogP contribution < -0.4 is 5.32 Å². The molecular weight excluding hydrogens is 332 g/mol. The summed E-state index contributed by atoms with van der Waals surface area (Å²) in [7, 11) is 0. The summed E-state index contributed by atoms with van der Waals surface area (Å²) < 4.78 is 0. The second-order valence-electron chi connectivity index (χ2n) is 6.97. The first kappa shape index (κ1) is 20.0. The second-order valence-corrected chi connectivity index (χ2v) is 7.75. The van der Waals surface area contributed by atoms with Crippen molar-refractivity contribution in [1.82, 2.24) is 10.2 Å². The molecule has 1 saturated heterocycles. The summed E-state index contributed by atoms with van der Waals surface area (Å²) in [5.74, 6) is 0.146. The summed E-state index contributed by atoms with van der Waals surface area (Å²) in [5, 5.41) is 7.07. The fourth-order valence-electron chi connectivity index (χ4n) is 3.37. The van der Waals surface area contributed by atoms with Gasteiger partial charge in [-0.1, -0.05) is 39.0 Å². The average Bonchev–Trinajstić information content (AvgIpc) is 3.03. The van der Waals surface area contributed by atoms with Gasteiger partial charge in [-0.05, 0) is 48.1 Å². The van der Waals surface area contributed by atoms with Gasteiger partial charge in [-0.3, -0.25) is 9.59 Å². The predicted octanol–water partition coefficient (Wildman–Crippen LogP) is 4.50. The molecule has 0 aliphatic carbocycles. The lowest BCUT2D eigenvalue weighted by atomic mass is 10.1. The van der Waals surface area contributed by atoms with Gasteiger partial charge >= 0.3 is 0 Å². The van der Waals surface area contributed by atoms with Gasteiger partial charge in [-0.15, -0.1) is 0 Å². The maximum atomic E-state index is 12.9. The van der Waals surface area contributed by atoms with E-state index >= 15 is 0 Å². The van der Waals surface area contributed by atoms with Crippen LogP contribution in [0.25, 0.3) is 0 Å². The van der Waals surface area contributed by atoms with E-state index in [1.54, 1.807) is 11.3 Å². The normalized spacial score (nSPS) is 17.8. The van der Waals surface area contributed by atoms with E-state index in [1.165, 1.54) is 25.7 Å². The highest BCUT2D eigenvalue weighted by Crippen LogP contribution is 2.19. The molecule has 0 saturated carbocycles. The minimum Gasteiger partial charge on any atom is -0.354 e. The van der Waals surface area contributed by atoms with Gasteiger partial charge in [0.2, 0.25) is 11.8 Å². The largest absolute Gasteiger partial charge is 0.354 e. The van der Waals surface area contributed by atoms with Gasteiger partial charge in [0, 0.05) is 19.5 Å². The molecule has 1 aromatic heterocycles. The number of thiophene rings is 1. The van der Waals surface area contributed by atoms with Crippen molar-refractivity contribution in [2.24, 2.45) is 0 Å². The molecule has 1 fully saturated rings. The molecule has 1 N–H and O–H groups in total. The zero-order valence-corrected chi connectivity index (χ0v) is 16.3. The van der Waals surface area contributed by atoms with E-state index in [0.29, 0.717) is 13.0 Å². The first-order valence-electron chi connectivity index (χ1n) is 9.80. The SMILES string of the molecule is CCCCCCCCC(=O)N(Cc1ccsc1)C1CCCCNC1=O. The highest BCUT2D eigenvalue weighted by atomic mass is 32.1. The predicted molar refractivity (Wildman–Crippen MR) is 104 cm³/mol. The third kappa shape index (κ3) is 6.81. The van der Waals surface area contributed by atoms with Crippen molar-refractivity contribution in [3.8, 4) is 0 Å². The zero-order valence-electron chi connectivity index (χ0n) is 15.5. The molecule has 1 aliphatic rings. The number of carbonyl (C=O) groups is 2. The van der Waals surface area contributed by atoms with Crippen LogP contribution in [0.15, 0.2) is 16.8 Å². The van der Waals surface area contributed by atoms with Gasteiger partial charge in [0.15, 0.2) is 0 Å². The number of rotatable bonds is 10. The summed E-state index contributed by atoms with van der Waals surface area (Å²) in [5.41, 5.74) is 1.12. The molecule has 0 spiro atoms. The summed E-state index contributed by atoms with van der Waals surface area (Å²) >= 11 is 1.64. The minimum absolute atomic E-state index is 0.0176. The van der Waals surface area contributed by atoms with Gasteiger partial charge < -0.3 is 10.2 Å². The maximum absolute atomic E-state index is 12.9. The number of hydrogen-bond acceptors (Lipinski definition) is 3. The molecule has 1 aromatic rings. The Labute approximate surface area is 156 Å². The Hall–Kier alpha value is -1.36. The van der Waals surface area contributed by atoms with Crippen LogP contribution in [0.2, 0.25) is 0 Å². The first-order chi connectivity index (χ1) is 12.2. The van der Waals surface area contributed by atoms with Crippen LogP contribution >= 0.6 is 11.3 Å². The third-order valence-electron chi connectivity index (χ3n) is 4.88. The van der Waals surface area contributed by atoms with Crippen LogP contribution in [-0.4, -0.2) is 29.3 Å². The van der Waals surface area contributed by atoms with Crippen LogP contribution in [0.5, 0.6) is 0 Å². The van der Waals surface area contributed by atoms with Crippen molar-refractivity contribution in [3.63, 3.8) is 0 Å². The van der Waals surface area contributed by atoms with Crippen molar-refractivity contribution in [2.45, 2.75) is 83.7 Å². The second kappa shape index (κ2) is 11.3. The van der Waals surface area contributed by atoms with Crippen molar-refractivity contribution in [2.75, 3.05) is 6.54 Å². The Balaban J connectivity index is 1.93. The summed E-state index contributed by atoms with van der Waals surface area (Å²) in [4.78, 5) is 27.1. The maximum Gasteiger partial charge on any atom is 0.242 e. The number of unbranched alkanes of at least 4 members (excludes halogenated alkanes) is 5. The minimum atomic E-state index is -0.310. The van der Waals surface area contributed by atoms with E-state index in [1.807, 2.05) is 16.3 Å². The van der Waals surface area contributed by atoms with E-state index in [-0.39, 0.29) is 17.9 Å². The summed E-state index contributed by atoms with van der Waals surface area (Å²) in [6.07, 6.45) is 10.3. The van der Waals surface area contributed by atoms with E-state index in [0.717, 1.165) is 44.2 Å². The Bertz CT molecular complexity index is 516. The molecule has 0 bridgehead atoms.